The van der Waals surface area contributed by atoms with E-state index >= 15 is 0 Å². The summed E-state index contributed by atoms with van der Waals surface area (Å²) in [5, 5.41) is 0. The number of hydrogen-bond donors (Lipinski definition) is 0. The summed E-state index contributed by atoms with van der Waals surface area (Å²) in [7, 11) is 0. The highest BCUT2D eigenvalue weighted by atomic mass is 16.5. The highest BCUT2D eigenvalue weighted by Crippen LogP contribution is 2.63. The zero-order valence-electron chi connectivity index (χ0n) is 25.5. The number of rotatable bonds is 4. The van der Waals surface area contributed by atoms with E-state index in [0.717, 1.165) is 35.0 Å². The van der Waals surface area contributed by atoms with Crippen LogP contribution in [-0.2, 0) is 5.41 Å². The lowest BCUT2D eigenvalue weighted by molar-refractivity contribution is 0.420. The summed E-state index contributed by atoms with van der Waals surface area (Å²) >= 11 is 0. The summed E-state index contributed by atoms with van der Waals surface area (Å²) in [6, 6.07) is 41.5. The second-order valence-electron chi connectivity index (χ2n) is 13.1. The Labute approximate surface area is 260 Å². The van der Waals surface area contributed by atoms with Crippen LogP contribution in [0.4, 0.5) is 17.1 Å². The Kier molecular flexibility index (Phi) is 5.86. The average molecular weight is 570 g/mol. The highest BCUT2D eigenvalue weighted by Gasteiger charge is 2.52. The molecule has 5 aromatic carbocycles. The fraction of sp³-hybridized carbons (Fsp3) is 0.143. The van der Waals surface area contributed by atoms with Gasteiger partial charge in [0.05, 0.1) is 16.8 Å². The molecule has 0 bridgehead atoms. The quantitative estimate of drug-likeness (QED) is 0.209. The molecule has 3 aliphatic rings. The minimum atomic E-state index is -0.465. The standard InChI is InChI=1S/C42H35NO/c1-5-33-29(17-14-26-41(2,3)4)32-25-24-28(43-37-20-10-12-22-39(37)44-40-23-13-11-21-38(40)43)27-36(32)42(33)34-18-8-6-15-30(34)31-16-7-9-19-35(31)42/h5-25,27H,1,26H2,2-4H3/b17-14-. The van der Waals surface area contributed by atoms with E-state index in [0.29, 0.717) is 0 Å². The monoisotopic (exact) mass is 569 g/mol. The van der Waals surface area contributed by atoms with Crippen LogP contribution in [0.15, 0.2) is 146 Å². The summed E-state index contributed by atoms with van der Waals surface area (Å²) in [5.41, 5.74) is 13.2. The predicted octanol–water partition coefficient (Wildman–Crippen LogP) is 11.5. The van der Waals surface area contributed by atoms with Gasteiger partial charge in [-0.25, -0.2) is 0 Å². The van der Waals surface area contributed by atoms with Crippen LogP contribution in [0.2, 0.25) is 0 Å². The average Bonchev–Trinajstić information content (AvgIpc) is 3.49. The van der Waals surface area contributed by atoms with Crippen molar-refractivity contribution in [1.82, 2.24) is 0 Å². The normalized spacial score (nSPS) is 15.5. The number of nitrogens with zero attached hydrogens (tertiary/aromatic N) is 1. The molecule has 1 aliphatic heterocycles. The van der Waals surface area contributed by atoms with Gasteiger partial charge < -0.3 is 9.64 Å². The third-order valence-corrected chi connectivity index (χ3v) is 9.25. The maximum atomic E-state index is 6.36. The van der Waals surface area contributed by atoms with E-state index in [4.69, 9.17) is 4.74 Å². The molecule has 8 rings (SSSR count). The van der Waals surface area contributed by atoms with E-state index in [1.54, 1.807) is 0 Å². The van der Waals surface area contributed by atoms with Gasteiger partial charge in [-0.3, -0.25) is 0 Å². The van der Waals surface area contributed by atoms with E-state index in [-0.39, 0.29) is 5.41 Å². The number of anilines is 3. The van der Waals surface area contributed by atoms with Gasteiger partial charge in [-0.2, -0.15) is 0 Å². The molecule has 0 amide bonds. The zero-order valence-corrected chi connectivity index (χ0v) is 25.5. The van der Waals surface area contributed by atoms with Gasteiger partial charge in [0.15, 0.2) is 11.5 Å². The lowest BCUT2D eigenvalue weighted by atomic mass is 9.69. The minimum absolute atomic E-state index is 0.206. The number of fused-ring (bicyclic) bond motifs is 9. The van der Waals surface area contributed by atoms with Gasteiger partial charge in [0.25, 0.3) is 0 Å². The maximum absolute atomic E-state index is 6.36. The van der Waals surface area contributed by atoms with Gasteiger partial charge in [0, 0.05) is 5.69 Å². The lowest BCUT2D eigenvalue weighted by Crippen LogP contribution is -2.27. The molecule has 1 spiro atoms. The van der Waals surface area contributed by atoms with E-state index < -0.39 is 5.41 Å². The molecule has 2 nitrogen and oxygen atoms in total. The van der Waals surface area contributed by atoms with Crippen molar-refractivity contribution in [2.75, 3.05) is 4.90 Å². The van der Waals surface area contributed by atoms with Crippen molar-refractivity contribution >= 4 is 22.6 Å². The van der Waals surface area contributed by atoms with Crippen LogP contribution in [0.5, 0.6) is 11.5 Å². The molecule has 0 unspecified atom stereocenters. The first-order valence-corrected chi connectivity index (χ1v) is 15.5. The fourth-order valence-electron chi connectivity index (χ4n) is 7.48. The minimum Gasteiger partial charge on any atom is -0.453 e. The molecule has 0 saturated heterocycles. The molecule has 5 aromatic rings. The molecule has 0 fully saturated rings. The first-order chi connectivity index (χ1) is 21.4. The van der Waals surface area contributed by atoms with E-state index in [1.165, 1.54) is 44.5 Å². The summed E-state index contributed by atoms with van der Waals surface area (Å²) in [5.74, 6) is 1.71. The highest BCUT2D eigenvalue weighted by molar-refractivity contribution is 5.99. The van der Waals surface area contributed by atoms with Crippen LogP contribution >= 0.6 is 0 Å². The molecule has 0 N–H and O–H groups in total. The Morgan fingerprint density at radius 3 is 1.84 bits per heavy atom. The van der Waals surface area contributed by atoms with Crippen molar-refractivity contribution in [2.45, 2.75) is 32.6 Å². The molecule has 2 heteroatoms. The Morgan fingerprint density at radius 2 is 1.25 bits per heavy atom. The number of para-hydroxylation sites is 4. The van der Waals surface area contributed by atoms with Gasteiger partial charge in [-0.1, -0.05) is 124 Å². The zero-order chi connectivity index (χ0) is 30.1. The molecule has 0 radical (unpaired) electrons. The topological polar surface area (TPSA) is 12.5 Å². The Morgan fingerprint density at radius 1 is 0.682 bits per heavy atom. The van der Waals surface area contributed by atoms with Gasteiger partial charge in [-0.15, -0.1) is 0 Å². The number of ether oxygens (including phenoxy) is 1. The number of allylic oxidation sites excluding steroid dienone is 5. The SMILES string of the molecule is C=CC1=C(/C=C\CC(C)(C)C)c2ccc(N3c4ccccc4Oc4ccccc43)cc2C12c1ccccc1-c1ccccc12. The van der Waals surface area contributed by atoms with Crippen LogP contribution in [0.25, 0.3) is 16.7 Å². The molecule has 1 heterocycles. The van der Waals surface area contributed by atoms with Gasteiger partial charge >= 0.3 is 0 Å². The molecular weight excluding hydrogens is 534 g/mol. The molecule has 0 atom stereocenters. The van der Waals surface area contributed by atoms with Crippen molar-refractivity contribution < 1.29 is 4.74 Å². The molecule has 214 valence electrons. The fourth-order valence-corrected chi connectivity index (χ4v) is 7.48. The largest absolute Gasteiger partial charge is 0.453 e. The third-order valence-electron chi connectivity index (χ3n) is 9.25. The van der Waals surface area contributed by atoms with Crippen molar-refractivity contribution in [3.05, 3.63) is 168 Å². The van der Waals surface area contributed by atoms with Crippen LogP contribution in [-0.4, -0.2) is 0 Å². The summed E-state index contributed by atoms with van der Waals surface area (Å²) in [4.78, 5) is 2.34. The van der Waals surface area contributed by atoms with Crippen molar-refractivity contribution in [2.24, 2.45) is 5.41 Å². The second kappa shape index (κ2) is 9.72. The molecule has 2 aliphatic carbocycles. The predicted molar refractivity (Wildman–Crippen MR) is 183 cm³/mol. The van der Waals surface area contributed by atoms with Crippen LogP contribution in [0.1, 0.15) is 49.4 Å². The van der Waals surface area contributed by atoms with E-state index in [9.17, 15) is 0 Å². The van der Waals surface area contributed by atoms with Crippen molar-refractivity contribution in [1.29, 1.82) is 0 Å². The Hall–Kier alpha value is -5.08. The van der Waals surface area contributed by atoms with Gasteiger partial charge in [0.1, 0.15) is 0 Å². The summed E-state index contributed by atoms with van der Waals surface area (Å²) < 4.78 is 6.36. The smallest absolute Gasteiger partial charge is 0.151 e. The second-order valence-corrected chi connectivity index (χ2v) is 13.1. The Bertz CT molecular complexity index is 1940. The molecule has 44 heavy (non-hydrogen) atoms. The molecular formula is C42H35NO. The summed E-state index contributed by atoms with van der Waals surface area (Å²) in [6.45, 7) is 11.3. The number of benzene rings is 5. The first-order valence-electron chi connectivity index (χ1n) is 15.5. The third kappa shape index (κ3) is 3.74. The summed E-state index contributed by atoms with van der Waals surface area (Å²) in [6.07, 6.45) is 7.79. The van der Waals surface area contributed by atoms with Crippen molar-refractivity contribution in [3.8, 4) is 22.6 Å². The lowest BCUT2D eigenvalue weighted by Gasteiger charge is -2.35. The Balaban J connectivity index is 1.43. The van der Waals surface area contributed by atoms with Crippen LogP contribution < -0.4 is 9.64 Å². The first kappa shape index (κ1) is 26.5. The van der Waals surface area contributed by atoms with E-state index in [1.807, 2.05) is 24.3 Å². The van der Waals surface area contributed by atoms with Gasteiger partial charge in [-0.05, 0) is 92.8 Å². The molecule has 0 saturated carbocycles. The van der Waals surface area contributed by atoms with Crippen molar-refractivity contribution in [3.63, 3.8) is 0 Å². The maximum Gasteiger partial charge on any atom is 0.151 e. The number of hydrogen-bond acceptors (Lipinski definition) is 2. The van der Waals surface area contributed by atoms with Gasteiger partial charge in [0.2, 0.25) is 0 Å². The van der Waals surface area contributed by atoms with Crippen LogP contribution in [0.3, 0.4) is 0 Å². The van der Waals surface area contributed by atoms with E-state index in [2.05, 4.69) is 141 Å². The molecule has 0 aromatic heterocycles. The van der Waals surface area contributed by atoms with Crippen LogP contribution in [0, 0.1) is 5.41 Å².